The van der Waals surface area contributed by atoms with Gasteiger partial charge in [0.1, 0.15) is 0 Å². The van der Waals surface area contributed by atoms with Crippen LogP contribution in [0.15, 0.2) is 24.3 Å². The van der Waals surface area contributed by atoms with Gasteiger partial charge in [0.25, 0.3) is 0 Å². The molecule has 0 bridgehead atoms. The molecule has 0 aliphatic carbocycles. The maximum absolute atomic E-state index is 12.3. The maximum atomic E-state index is 12.3. The molecule has 1 aromatic rings. The van der Waals surface area contributed by atoms with Crippen molar-refractivity contribution < 1.29 is 13.2 Å². The second-order valence-electron chi connectivity index (χ2n) is 4.36. The smallest absolute Gasteiger partial charge is 0.271 e. The topological polar surface area (TPSA) is 38.0 Å². The molecule has 1 aromatic carbocycles. The number of halogens is 3. The number of alkyl halides is 3. The molecule has 1 unspecified atom stereocenters. The quantitative estimate of drug-likeness (QED) is 0.632. The van der Waals surface area contributed by atoms with Crippen molar-refractivity contribution in [3.05, 3.63) is 35.4 Å². The summed E-state index contributed by atoms with van der Waals surface area (Å²) in [6.45, 7) is 4.06. The molecule has 1 atom stereocenters. The molecule has 5 heteroatoms. The first-order valence-electron chi connectivity index (χ1n) is 5.46. The molecular weight excluding hydrogens is 229 g/mol. The Hall–Kier alpha value is -1.07. The molecule has 2 nitrogen and oxygen atoms in total. The van der Waals surface area contributed by atoms with Crippen LogP contribution in [0.2, 0.25) is 0 Å². The van der Waals surface area contributed by atoms with Gasteiger partial charge in [0.2, 0.25) is 0 Å². The minimum absolute atomic E-state index is 0.357. The van der Waals surface area contributed by atoms with Crippen LogP contribution in [0.1, 0.15) is 43.4 Å². The van der Waals surface area contributed by atoms with E-state index in [0.717, 1.165) is 5.56 Å². The average Bonchev–Trinajstić information content (AvgIpc) is 2.25. The number of hydrazine groups is 1. The molecular formula is C12H17F3N2. The van der Waals surface area contributed by atoms with Crippen LogP contribution >= 0.6 is 0 Å². The van der Waals surface area contributed by atoms with E-state index in [-0.39, 0.29) is 0 Å². The van der Waals surface area contributed by atoms with E-state index in [1.807, 2.05) is 26.0 Å². The summed E-state index contributed by atoms with van der Waals surface area (Å²) in [6.07, 6.45) is -5.20. The fourth-order valence-electron chi connectivity index (χ4n) is 1.62. The van der Waals surface area contributed by atoms with Crippen LogP contribution in [0.4, 0.5) is 13.2 Å². The minimum Gasteiger partial charge on any atom is -0.271 e. The van der Waals surface area contributed by atoms with Crippen LogP contribution < -0.4 is 11.3 Å². The summed E-state index contributed by atoms with van der Waals surface area (Å²) in [5.41, 5.74) is 3.85. The number of nitrogens with two attached hydrogens (primary N) is 1. The molecule has 0 heterocycles. The SMILES string of the molecule is CC(C)c1ccc(C(CC(F)(F)F)NN)cc1. The Kier molecular flexibility index (Phi) is 4.54. The van der Waals surface area contributed by atoms with Crippen LogP contribution in [-0.2, 0) is 0 Å². The Bertz CT molecular complexity index is 344. The van der Waals surface area contributed by atoms with E-state index in [4.69, 9.17) is 5.84 Å². The molecule has 96 valence electrons. The largest absolute Gasteiger partial charge is 0.390 e. The third-order valence-electron chi connectivity index (χ3n) is 2.64. The van der Waals surface area contributed by atoms with Crippen molar-refractivity contribution >= 4 is 0 Å². The van der Waals surface area contributed by atoms with Gasteiger partial charge in [-0.05, 0) is 17.0 Å². The number of benzene rings is 1. The monoisotopic (exact) mass is 246 g/mol. The second-order valence-corrected chi connectivity index (χ2v) is 4.36. The fourth-order valence-corrected chi connectivity index (χ4v) is 1.62. The first-order valence-corrected chi connectivity index (χ1v) is 5.46. The first kappa shape index (κ1) is 14.0. The Morgan fingerprint density at radius 3 is 1.94 bits per heavy atom. The standard InChI is InChI=1S/C12H17F3N2/c1-8(2)9-3-5-10(6-4-9)11(17-16)7-12(13,14)15/h3-6,8,11,17H,7,16H2,1-2H3. The van der Waals surface area contributed by atoms with E-state index >= 15 is 0 Å². The van der Waals surface area contributed by atoms with Crippen LogP contribution in [0.3, 0.4) is 0 Å². The second kappa shape index (κ2) is 5.51. The van der Waals surface area contributed by atoms with E-state index < -0.39 is 18.6 Å². The highest BCUT2D eigenvalue weighted by atomic mass is 19.4. The summed E-state index contributed by atoms with van der Waals surface area (Å²) in [6, 6.07) is 6.15. The predicted molar refractivity (Wildman–Crippen MR) is 61.3 cm³/mol. The lowest BCUT2D eigenvalue weighted by atomic mass is 9.98. The van der Waals surface area contributed by atoms with Gasteiger partial charge in [-0.15, -0.1) is 0 Å². The van der Waals surface area contributed by atoms with Gasteiger partial charge in [-0.25, -0.2) is 0 Å². The van der Waals surface area contributed by atoms with E-state index in [1.54, 1.807) is 12.1 Å². The normalized spacial score (nSPS) is 14.1. The molecule has 3 N–H and O–H groups in total. The highest BCUT2D eigenvalue weighted by molar-refractivity contribution is 5.26. The average molecular weight is 246 g/mol. The van der Waals surface area contributed by atoms with Crippen LogP contribution in [0.5, 0.6) is 0 Å². The molecule has 0 saturated carbocycles. The van der Waals surface area contributed by atoms with E-state index in [0.29, 0.717) is 11.5 Å². The van der Waals surface area contributed by atoms with Crippen molar-refractivity contribution in [3.63, 3.8) is 0 Å². The van der Waals surface area contributed by atoms with Crippen molar-refractivity contribution in [2.24, 2.45) is 5.84 Å². The Balaban J connectivity index is 2.82. The maximum Gasteiger partial charge on any atom is 0.390 e. The van der Waals surface area contributed by atoms with E-state index in [9.17, 15) is 13.2 Å². The Morgan fingerprint density at radius 2 is 1.59 bits per heavy atom. The number of nitrogens with one attached hydrogen (secondary N) is 1. The van der Waals surface area contributed by atoms with Crippen LogP contribution in [0.25, 0.3) is 0 Å². The fraction of sp³-hybridized carbons (Fsp3) is 0.500. The van der Waals surface area contributed by atoms with Gasteiger partial charge in [0.15, 0.2) is 0 Å². The van der Waals surface area contributed by atoms with Gasteiger partial charge in [0.05, 0.1) is 12.5 Å². The zero-order valence-corrected chi connectivity index (χ0v) is 9.88. The van der Waals surface area contributed by atoms with Gasteiger partial charge in [-0.3, -0.25) is 11.3 Å². The molecule has 0 saturated heterocycles. The summed E-state index contributed by atoms with van der Waals surface area (Å²) in [5, 5.41) is 0. The third kappa shape index (κ3) is 4.36. The van der Waals surface area contributed by atoms with Gasteiger partial charge in [-0.2, -0.15) is 13.2 Å². The summed E-state index contributed by atoms with van der Waals surface area (Å²) in [4.78, 5) is 0. The van der Waals surface area contributed by atoms with Gasteiger partial charge in [0, 0.05) is 0 Å². The number of hydrogen-bond acceptors (Lipinski definition) is 2. The van der Waals surface area contributed by atoms with Gasteiger partial charge < -0.3 is 0 Å². The molecule has 0 amide bonds. The molecule has 0 spiro atoms. The zero-order valence-electron chi connectivity index (χ0n) is 9.88. The highest BCUT2D eigenvalue weighted by Gasteiger charge is 2.32. The van der Waals surface area contributed by atoms with Gasteiger partial charge in [-0.1, -0.05) is 38.1 Å². The lowest BCUT2D eigenvalue weighted by Gasteiger charge is -2.18. The molecule has 0 radical (unpaired) electrons. The summed E-state index contributed by atoms with van der Waals surface area (Å²) in [5.74, 6) is 5.52. The van der Waals surface area contributed by atoms with Crippen LogP contribution in [-0.4, -0.2) is 6.18 Å². The Labute approximate surface area is 99.0 Å². The molecule has 0 fully saturated rings. The lowest BCUT2D eigenvalue weighted by Crippen LogP contribution is -2.31. The van der Waals surface area contributed by atoms with Gasteiger partial charge >= 0.3 is 6.18 Å². The van der Waals surface area contributed by atoms with E-state index in [1.165, 1.54) is 0 Å². The lowest BCUT2D eigenvalue weighted by molar-refractivity contribution is -0.140. The molecule has 1 rings (SSSR count). The highest BCUT2D eigenvalue weighted by Crippen LogP contribution is 2.29. The van der Waals surface area contributed by atoms with Crippen molar-refractivity contribution in [2.45, 2.75) is 38.4 Å². The number of hydrogen-bond donors (Lipinski definition) is 2. The van der Waals surface area contributed by atoms with Crippen LogP contribution in [0, 0.1) is 0 Å². The molecule has 0 aromatic heterocycles. The predicted octanol–water partition coefficient (Wildman–Crippen LogP) is 3.27. The first-order chi connectivity index (χ1) is 7.83. The van der Waals surface area contributed by atoms with E-state index in [2.05, 4.69) is 5.43 Å². The summed E-state index contributed by atoms with van der Waals surface area (Å²) in [7, 11) is 0. The third-order valence-corrected chi connectivity index (χ3v) is 2.64. The number of rotatable bonds is 4. The zero-order chi connectivity index (χ0) is 13.1. The Morgan fingerprint density at radius 1 is 1.12 bits per heavy atom. The molecule has 0 aliphatic heterocycles. The molecule has 17 heavy (non-hydrogen) atoms. The van der Waals surface area contributed by atoms with Crippen molar-refractivity contribution in [1.29, 1.82) is 0 Å². The van der Waals surface area contributed by atoms with Crippen molar-refractivity contribution in [2.75, 3.05) is 0 Å². The van der Waals surface area contributed by atoms with Crippen molar-refractivity contribution in [1.82, 2.24) is 5.43 Å². The molecule has 0 aliphatic rings. The minimum atomic E-state index is -4.23. The summed E-state index contributed by atoms with van der Waals surface area (Å²) >= 11 is 0. The summed E-state index contributed by atoms with van der Waals surface area (Å²) < 4.78 is 36.9. The van der Waals surface area contributed by atoms with Crippen molar-refractivity contribution in [3.8, 4) is 0 Å².